The number of amides is 1. The summed E-state index contributed by atoms with van der Waals surface area (Å²) in [5.41, 5.74) is 1.25. The summed E-state index contributed by atoms with van der Waals surface area (Å²) in [6.07, 6.45) is 3.55. The van der Waals surface area contributed by atoms with Crippen molar-refractivity contribution < 1.29 is 4.79 Å². The molecule has 3 rings (SSSR count). The van der Waals surface area contributed by atoms with Gasteiger partial charge in [-0.05, 0) is 49.4 Å². The number of carbonyl (C=O) groups is 1. The van der Waals surface area contributed by atoms with Crippen LogP contribution < -0.4 is 5.32 Å². The summed E-state index contributed by atoms with van der Waals surface area (Å²) in [5.74, 6) is 0.169. The molecule has 0 aromatic heterocycles. The summed E-state index contributed by atoms with van der Waals surface area (Å²) in [6.45, 7) is 4.06. The normalized spacial score (nSPS) is 21.8. The second-order valence-electron chi connectivity index (χ2n) is 5.73. The van der Waals surface area contributed by atoms with Crippen molar-refractivity contribution in [3.05, 3.63) is 34.3 Å². The van der Waals surface area contributed by atoms with Gasteiger partial charge in [0.05, 0.1) is 0 Å². The molecular formula is C15H19BrN2O. The van der Waals surface area contributed by atoms with Crippen molar-refractivity contribution in [3.63, 3.8) is 0 Å². The molecule has 0 unspecified atom stereocenters. The van der Waals surface area contributed by atoms with Gasteiger partial charge in [-0.3, -0.25) is 4.79 Å². The molecule has 0 aliphatic carbocycles. The number of nitrogens with one attached hydrogen (secondary N) is 1. The molecule has 0 atom stereocenters. The SMILES string of the molecule is O=C(c1cccc(Br)c1)N1CCC2(CCNC2)CC1. The van der Waals surface area contributed by atoms with Gasteiger partial charge in [0.1, 0.15) is 0 Å². The highest BCUT2D eigenvalue weighted by Crippen LogP contribution is 2.37. The van der Waals surface area contributed by atoms with E-state index in [-0.39, 0.29) is 5.91 Å². The van der Waals surface area contributed by atoms with Crippen LogP contribution in [-0.2, 0) is 0 Å². The molecule has 1 amide bonds. The summed E-state index contributed by atoms with van der Waals surface area (Å²) in [6, 6.07) is 7.67. The third-order valence-corrected chi connectivity index (χ3v) is 5.01. The highest BCUT2D eigenvalue weighted by atomic mass is 79.9. The number of rotatable bonds is 1. The highest BCUT2D eigenvalue weighted by molar-refractivity contribution is 9.10. The highest BCUT2D eigenvalue weighted by Gasteiger charge is 2.38. The topological polar surface area (TPSA) is 32.3 Å². The van der Waals surface area contributed by atoms with Gasteiger partial charge in [-0.25, -0.2) is 0 Å². The van der Waals surface area contributed by atoms with E-state index in [2.05, 4.69) is 21.2 Å². The van der Waals surface area contributed by atoms with E-state index in [0.717, 1.165) is 49.1 Å². The Bertz CT molecular complexity index is 473. The summed E-state index contributed by atoms with van der Waals surface area (Å²) in [7, 11) is 0. The largest absolute Gasteiger partial charge is 0.339 e. The number of piperidine rings is 1. The van der Waals surface area contributed by atoms with Crippen LogP contribution in [0, 0.1) is 5.41 Å². The Labute approximate surface area is 122 Å². The Kier molecular flexibility index (Phi) is 3.63. The Balaban J connectivity index is 1.66. The van der Waals surface area contributed by atoms with E-state index in [9.17, 15) is 4.79 Å². The van der Waals surface area contributed by atoms with Crippen molar-refractivity contribution in [1.82, 2.24) is 10.2 Å². The number of likely N-dealkylation sites (tertiary alicyclic amines) is 1. The van der Waals surface area contributed by atoms with Crippen LogP contribution in [0.1, 0.15) is 29.6 Å². The van der Waals surface area contributed by atoms with Gasteiger partial charge in [0.15, 0.2) is 0 Å². The molecule has 4 heteroatoms. The van der Waals surface area contributed by atoms with E-state index < -0.39 is 0 Å². The molecule has 0 bridgehead atoms. The molecule has 2 aliphatic heterocycles. The van der Waals surface area contributed by atoms with Gasteiger partial charge in [0.2, 0.25) is 0 Å². The van der Waals surface area contributed by atoms with Crippen LogP contribution in [-0.4, -0.2) is 37.0 Å². The molecule has 0 radical (unpaired) electrons. The first-order chi connectivity index (χ1) is 9.19. The molecule has 0 saturated carbocycles. The first-order valence-electron chi connectivity index (χ1n) is 6.94. The molecule has 2 aliphatic rings. The van der Waals surface area contributed by atoms with Crippen LogP contribution in [0.4, 0.5) is 0 Å². The number of nitrogens with zero attached hydrogens (tertiary/aromatic N) is 1. The van der Waals surface area contributed by atoms with Gasteiger partial charge in [0.25, 0.3) is 5.91 Å². The first kappa shape index (κ1) is 13.1. The average Bonchev–Trinajstić information content (AvgIpc) is 2.87. The van der Waals surface area contributed by atoms with Gasteiger partial charge in [-0.1, -0.05) is 22.0 Å². The number of hydrogen-bond acceptors (Lipinski definition) is 2. The van der Waals surface area contributed by atoms with Crippen molar-refractivity contribution in [3.8, 4) is 0 Å². The zero-order valence-corrected chi connectivity index (χ0v) is 12.6. The third kappa shape index (κ3) is 2.70. The maximum Gasteiger partial charge on any atom is 0.253 e. The predicted molar refractivity (Wildman–Crippen MR) is 79.2 cm³/mol. The molecule has 2 fully saturated rings. The molecular weight excluding hydrogens is 304 g/mol. The van der Waals surface area contributed by atoms with Crippen molar-refractivity contribution >= 4 is 21.8 Å². The van der Waals surface area contributed by atoms with Crippen molar-refractivity contribution in [2.24, 2.45) is 5.41 Å². The van der Waals surface area contributed by atoms with Crippen LogP contribution in [0.15, 0.2) is 28.7 Å². The lowest BCUT2D eigenvalue weighted by atomic mass is 9.78. The second-order valence-corrected chi connectivity index (χ2v) is 6.65. The average molecular weight is 323 g/mol. The maximum atomic E-state index is 12.4. The van der Waals surface area contributed by atoms with E-state index in [0.29, 0.717) is 5.41 Å². The summed E-state index contributed by atoms with van der Waals surface area (Å²) in [5, 5.41) is 3.46. The van der Waals surface area contributed by atoms with E-state index in [4.69, 9.17) is 0 Å². The van der Waals surface area contributed by atoms with E-state index >= 15 is 0 Å². The van der Waals surface area contributed by atoms with Crippen molar-refractivity contribution in [1.29, 1.82) is 0 Å². The lowest BCUT2D eigenvalue weighted by Gasteiger charge is -2.38. The van der Waals surface area contributed by atoms with Gasteiger partial charge in [0, 0.05) is 29.7 Å². The molecule has 1 spiro atoms. The Morgan fingerprint density at radius 3 is 2.68 bits per heavy atom. The van der Waals surface area contributed by atoms with E-state index in [1.807, 2.05) is 29.2 Å². The molecule has 2 heterocycles. The Morgan fingerprint density at radius 1 is 1.26 bits per heavy atom. The monoisotopic (exact) mass is 322 g/mol. The van der Waals surface area contributed by atoms with Crippen LogP contribution >= 0.6 is 15.9 Å². The van der Waals surface area contributed by atoms with Crippen LogP contribution in [0.3, 0.4) is 0 Å². The smallest absolute Gasteiger partial charge is 0.253 e. The zero-order valence-electron chi connectivity index (χ0n) is 11.0. The molecule has 1 aromatic carbocycles. The quantitative estimate of drug-likeness (QED) is 0.862. The van der Waals surface area contributed by atoms with Gasteiger partial charge in [-0.15, -0.1) is 0 Å². The third-order valence-electron chi connectivity index (χ3n) is 4.51. The number of benzene rings is 1. The fourth-order valence-electron chi connectivity index (χ4n) is 3.21. The molecule has 3 nitrogen and oxygen atoms in total. The zero-order chi connectivity index (χ0) is 13.3. The van der Waals surface area contributed by atoms with Gasteiger partial charge >= 0.3 is 0 Å². The van der Waals surface area contributed by atoms with Gasteiger partial charge < -0.3 is 10.2 Å². The number of hydrogen-bond donors (Lipinski definition) is 1. The predicted octanol–water partition coefficient (Wildman–Crippen LogP) is 2.66. The molecule has 19 heavy (non-hydrogen) atoms. The molecule has 2 saturated heterocycles. The fourth-order valence-corrected chi connectivity index (χ4v) is 3.61. The standard InChI is InChI=1S/C15H19BrN2O/c16-13-3-1-2-12(10-13)14(19)18-8-5-15(6-9-18)4-7-17-11-15/h1-3,10,17H,4-9,11H2. The summed E-state index contributed by atoms with van der Waals surface area (Å²) >= 11 is 3.42. The lowest BCUT2D eigenvalue weighted by Crippen LogP contribution is -2.44. The van der Waals surface area contributed by atoms with Crippen molar-refractivity contribution in [2.75, 3.05) is 26.2 Å². The van der Waals surface area contributed by atoms with E-state index in [1.165, 1.54) is 6.42 Å². The Hall–Kier alpha value is -0.870. The summed E-state index contributed by atoms with van der Waals surface area (Å²) < 4.78 is 0.965. The molecule has 102 valence electrons. The molecule has 1 aromatic rings. The Morgan fingerprint density at radius 2 is 2.05 bits per heavy atom. The fraction of sp³-hybridized carbons (Fsp3) is 0.533. The molecule has 1 N–H and O–H groups in total. The minimum Gasteiger partial charge on any atom is -0.339 e. The number of carbonyl (C=O) groups excluding carboxylic acids is 1. The van der Waals surface area contributed by atoms with Crippen LogP contribution in [0.25, 0.3) is 0 Å². The maximum absolute atomic E-state index is 12.4. The number of halogens is 1. The van der Waals surface area contributed by atoms with E-state index in [1.54, 1.807) is 0 Å². The first-order valence-corrected chi connectivity index (χ1v) is 7.73. The minimum absolute atomic E-state index is 0.169. The minimum atomic E-state index is 0.169. The van der Waals surface area contributed by atoms with Crippen LogP contribution in [0.2, 0.25) is 0 Å². The van der Waals surface area contributed by atoms with Crippen LogP contribution in [0.5, 0.6) is 0 Å². The lowest BCUT2D eigenvalue weighted by molar-refractivity contribution is 0.0607. The second kappa shape index (κ2) is 5.25. The van der Waals surface area contributed by atoms with Crippen molar-refractivity contribution in [2.45, 2.75) is 19.3 Å². The van der Waals surface area contributed by atoms with Gasteiger partial charge in [-0.2, -0.15) is 0 Å². The summed E-state index contributed by atoms with van der Waals surface area (Å²) in [4.78, 5) is 14.5.